The fraction of sp³-hybridized carbons (Fsp3) is 0.533. The molecule has 0 N–H and O–H groups in total. The molecule has 4 nitrogen and oxygen atoms in total. The van der Waals surface area contributed by atoms with Gasteiger partial charge < -0.3 is 0 Å². The number of nitrogens with zero attached hydrogens (tertiary/aromatic N) is 1. The first-order chi connectivity index (χ1) is 9.35. The Bertz CT molecular complexity index is 606. The molecule has 2 rings (SSSR count). The molecule has 0 spiro atoms. The minimum atomic E-state index is -3.70. The summed E-state index contributed by atoms with van der Waals surface area (Å²) in [5.74, 6) is 0. The van der Waals surface area contributed by atoms with Gasteiger partial charge in [-0.1, -0.05) is 17.7 Å². The van der Waals surface area contributed by atoms with E-state index in [0.717, 1.165) is 5.56 Å². The van der Waals surface area contributed by atoms with Crippen LogP contribution in [0.2, 0.25) is 0 Å². The highest BCUT2D eigenvalue weighted by molar-refractivity contribution is 7.86. The number of aryl methyl sites for hydroxylation is 1. The molecule has 0 radical (unpaired) electrons. The lowest BCUT2D eigenvalue weighted by Gasteiger charge is -2.31. The molecule has 0 bridgehead atoms. The largest absolute Gasteiger partial charge is 0.297 e. The summed E-state index contributed by atoms with van der Waals surface area (Å²) in [6.07, 6.45) is 2.25. The van der Waals surface area contributed by atoms with Crippen LogP contribution >= 0.6 is 0 Å². The van der Waals surface area contributed by atoms with E-state index >= 15 is 0 Å². The lowest BCUT2D eigenvalue weighted by molar-refractivity contribution is 0.120. The summed E-state index contributed by atoms with van der Waals surface area (Å²) >= 11 is 0. The Balaban J connectivity index is 2.04. The Hall–Kier alpha value is -1.38. The third kappa shape index (κ3) is 3.38. The summed E-state index contributed by atoms with van der Waals surface area (Å²) in [6, 6.07) is 8.93. The fourth-order valence-corrected chi connectivity index (χ4v) is 3.51. The monoisotopic (exact) mass is 293 g/mol. The van der Waals surface area contributed by atoms with E-state index < -0.39 is 10.1 Å². The molecule has 0 aliphatic heterocycles. The normalized spacial score (nSPS) is 26.9. The molecule has 0 aromatic heterocycles. The van der Waals surface area contributed by atoms with Crippen LogP contribution in [0, 0.1) is 23.7 Å². The van der Waals surface area contributed by atoms with Gasteiger partial charge in [0.25, 0.3) is 10.1 Å². The topological polar surface area (TPSA) is 67.2 Å². The molecule has 0 heterocycles. The Morgan fingerprint density at radius 3 is 2.30 bits per heavy atom. The number of hydrogen-bond acceptors (Lipinski definition) is 4. The summed E-state index contributed by atoms with van der Waals surface area (Å²) < 4.78 is 29.6. The molecule has 1 aliphatic rings. The number of hydrogen-bond donors (Lipinski definition) is 0. The maximum Gasteiger partial charge on any atom is 0.297 e. The van der Waals surface area contributed by atoms with E-state index in [4.69, 9.17) is 9.44 Å². The van der Waals surface area contributed by atoms with Gasteiger partial charge in [0.2, 0.25) is 0 Å². The lowest BCUT2D eigenvalue weighted by atomic mass is 9.76. The zero-order valence-corrected chi connectivity index (χ0v) is 12.6. The second-order valence-corrected chi connectivity index (χ2v) is 7.31. The van der Waals surface area contributed by atoms with Gasteiger partial charge in [0.05, 0.1) is 22.5 Å². The van der Waals surface area contributed by atoms with Crippen molar-refractivity contribution < 1.29 is 12.6 Å². The summed E-state index contributed by atoms with van der Waals surface area (Å²) in [5.41, 5.74) is 0.666. The molecule has 1 fully saturated rings. The summed E-state index contributed by atoms with van der Waals surface area (Å²) in [7, 11) is -3.70. The van der Waals surface area contributed by atoms with E-state index in [2.05, 4.69) is 6.07 Å². The van der Waals surface area contributed by atoms with E-state index in [1.807, 2.05) is 13.8 Å². The molecule has 0 saturated heterocycles. The highest BCUT2D eigenvalue weighted by atomic mass is 32.2. The molecule has 1 aliphatic carbocycles. The van der Waals surface area contributed by atoms with E-state index in [1.165, 1.54) is 0 Å². The first-order valence-corrected chi connectivity index (χ1v) is 8.17. The third-order valence-corrected chi connectivity index (χ3v) is 5.25. The molecular weight excluding hydrogens is 274 g/mol. The van der Waals surface area contributed by atoms with Crippen molar-refractivity contribution in [1.82, 2.24) is 0 Å². The smallest absolute Gasteiger partial charge is 0.263 e. The van der Waals surface area contributed by atoms with Crippen molar-refractivity contribution in [3.05, 3.63) is 29.8 Å². The van der Waals surface area contributed by atoms with E-state index in [-0.39, 0.29) is 16.4 Å². The van der Waals surface area contributed by atoms with Crippen LogP contribution in [0.25, 0.3) is 0 Å². The molecule has 0 atom stereocenters. The van der Waals surface area contributed by atoms with E-state index in [0.29, 0.717) is 25.7 Å². The van der Waals surface area contributed by atoms with Gasteiger partial charge >= 0.3 is 0 Å². The van der Waals surface area contributed by atoms with Crippen LogP contribution in [-0.2, 0) is 14.3 Å². The van der Waals surface area contributed by atoms with Crippen molar-refractivity contribution in [2.24, 2.45) is 5.41 Å². The van der Waals surface area contributed by atoms with Crippen LogP contribution in [-0.4, -0.2) is 14.5 Å². The van der Waals surface area contributed by atoms with Gasteiger partial charge in [0, 0.05) is 0 Å². The van der Waals surface area contributed by atoms with Crippen molar-refractivity contribution in [1.29, 1.82) is 5.26 Å². The van der Waals surface area contributed by atoms with E-state index in [1.54, 1.807) is 24.3 Å². The highest BCUT2D eigenvalue weighted by Crippen LogP contribution is 2.37. The van der Waals surface area contributed by atoms with Gasteiger partial charge in [0.15, 0.2) is 0 Å². The van der Waals surface area contributed by atoms with E-state index in [9.17, 15) is 8.42 Å². The van der Waals surface area contributed by atoms with Crippen molar-refractivity contribution in [2.45, 2.75) is 50.5 Å². The van der Waals surface area contributed by atoms with Gasteiger partial charge in [-0.05, 0) is 51.7 Å². The van der Waals surface area contributed by atoms with Crippen LogP contribution in [0.5, 0.6) is 0 Å². The Kier molecular flexibility index (Phi) is 4.17. The second kappa shape index (κ2) is 5.55. The van der Waals surface area contributed by atoms with Crippen molar-refractivity contribution in [3.63, 3.8) is 0 Å². The molecule has 1 aromatic carbocycles. The minimum Gasteiger partial charge on any atom is -0.263 e. The predicted molar refractivity (Wildman–Crippen MR) is 75.4 cm³/mol. The first-order valence-electron chi connectivity index (χ1n) is 6.76. The van der Waals surface area contributed by atoms with Gasteiger partial charge in [0.1, 0.15) is 0 Å². The average molecular weight is 293 g/mol. The molecule has 1 aromatic rings. The maximum atomic E-state index is 12.2. The average Bonchev–Trinajstić information content (AvgIpc) is 2.42. The number of nitriles is 1. The number of benzene rings is 1. The van der Waals surface area contributed by atoms with Gasteiger partial charge in [-0.2, -0.15) is 13.7 Å². The summed E-state index contributed by atoms with van der Waals surface area (Å²) in [4.78, 5) is 0.191. The highest BCUT2D eigenvalue weighted by Gasteiger charge is 2.33. The quantitative estimate of drug-likeness (QED) is 0.803. The van der Waals surface area contributed by atoms with Crippen LogP contribution in [0.15, 0.2) is 29.2 Å². The molecule has 0 amide bonds. The second-order valence-electron chi connectivity index (χ2n) is 5.74. The van der Waals surface area contributed by atoms with Crippen LogP contribution < -0.4 is 0 Å². The Morgan fingerprint density at radius 2 is 1.80 bits per heavy atom. The molecule has 20 heavy (non-hydrogen) atoms. The Morgan fingerprint density at radius 1 is 1.25 bits per heavy atom. The molecule has 0 unspecified atom stereocenters. The zero-order valence-electron chi connectivity index (χ0n) is 11.8. The molecular formula is C15H19NO3S. The summed E-state index contributed by atoms with van der Waals surface area (Å²) in [5, 5.41) is 9.06. The minimum absolute atomic E-state index is 0.191. The van der Waals surface area contributed by atoms with Crippen molar-refractivity contribution in [3.8, 4) is 6.07 Å². The van der Waals surface area contributed by atoms with Crippen molar-refractivity contribution >= 4 is 10.1 Å². The summed E-state index contributed by atoms with van der Waals surface area (Å²) in [6.45, 7) is 3.82. The van der Waals surface area contributed by atoms with Crippen molar-refractivity contribution in [2.75, 3.05) is 0 Å². The third-order valence-electron chi connectivity index (χ3n) is 3.88. The standard InChI is InChI=1S/C15H19NO3S/c1-12-3-5-14(6-4-12)20(17,18)19-13-7-9-15(2,11-16)10-8-13/h3-6,13H,7-10H2,1-2H3. The molecule has 1 saturated carbocycles. The fourth-order valence-electron chi connectivity index (χ4n) is 2.38. The number of rotatable bonds is 3. The van der Waals surface area contributed by atoms with Crippen LogP contribution in [0.4, 0.5) is 0 Å². The van der Waals surface area contributed by atoms with Crippen LogP contribution in [0.3, 0.4) is 0 Å². The van der Waals surface area contributed by atoms with Crippen LogP contribution in [0.1, 0.15) is 38.2 Å². The molecule has 5 heteroatoms. The van der Waals surface area contributed by atoms with Gasteiger partial charge in [-0.25, -0.2) is 0 Å². The predicted octanol–water partition coefficient (Wildman–Crippen LogP) is 3.17. The van der Waals surface area contributed by atoms with Gasteiger partial charge in [-0.3, -0.25) is 4.18 Å². The first kappa shape index (κ1) is 15.0. The SMILES string of the molecule is Cc1ccc(S(=O)(=O)OC2CCC(C)(C#N)CC2)cc1. The maximum absolute atomic E-state index is 12.2. The zero-order chi connectivity index (χ0) is 14.8. The molecule has 108 valence electrons. The lowest BCUT2D eigenvalue weighted by Crippen LogP contribution is -2.29. The Labute approximate surface area is 120 Å². The van der Waals surface area contributed by atoms with Gasteiger partial charge in [-0.15, -0.1) is 0 Å².